The van der Waals surface area contributed by atoms with Gasteiger partial charge in [0.25, 0.3) is 0 Å². The predicted octanol–water partition coefficient (Wildman–Crippen LogP) is 8.44. The maximum Gasteiger partial charge on any atom is 0.416 e. The normalized spacial score (nSPS) is 17.4. The number of hydrogen-bond donors (Lipinski definition) is 2. The van der Waals surface area contributed by atoms with E-state index in [1.54, 1.807) is 13.8 Å². The molecule has 24 heteroatoms. The third-order valence-electron chi connectivity index (χ3n) is 14.1. The minimum absolute atomic E-state index is 0.00389. The zero-order valence-electron chi connectivity index (χ0n) is 45.4. The number of halogens is 6. The first kappa shape index (κ1) is 60.9. The van der Waals surface area contributed by atoms with E-state index in [4.69, 9.17) is 9.47 Å². The van der Waals surface area contributed by atoms with Crippen LogP contribution in [0, 0.1) is 22.7 Å². The van der Waals surface area contributed by atoms with Crippen molar-refractivity contribution in [3.63, 3.8) is 0 Å². The number of allylic oxidation sites excluding steroid dienone is 2. The highest BCUT2D eigenvalue weighted by molar-refractivity contribution is 6.05. The van der Waals surface area contributed by atoms with Gasteiger partial charge < -0.3 is 39.7 Å². The van der Waals surface area contributed by atoms with E-state index in [2.05, 4.69) is 20.4 Å². The van der Waals surface area contributed by atoms with Crippen molar-refractivity contribution in [2.45, 2.75) is 65.0 Å². The largest absolute Gasteiger partial charge is 0.463 e. The number of nitrogens with one attached hydrogen (secondary N) is 2. The third kappa shape index (κ3) is 14.2. The van der Waals surface area contributed by atoms with Gasteiger partial charge in [0.2, 0.25) is 11.8 Å². The van der Waals surface area contributed by atoms with Crippen molar-refractivity contribution in [2.24, 2.45) is 0 Å². The molecule has 4 aromatic carbocycles. The van der Waals surface area contributed by atoms with Gasteiger partial charge in [0.05, 0.1) is 82.2 Å². The van der Waals surface area contributed by atoms with E-state index in [0.717, 1.165) is 56.0 Å². The lowest BCUT2D eigenvalue weighted by molar-refractivity contribution is -0.140. The number of amides is 6. The van der Waals surface area contributed by atoms with Gasteiger partial charge in [0, 0.05) is 50.7 Å². The van der Waals surface area contributed by atoms with Crippen LogP contribution >= 0.6 is 0 Å². The summed E-state index contributed by atoms with van der Waals surface area (Å²) in [5.74, 6) is -2.91. The van der Waals surface area contributed by atoms with Crippen molar-refractivity contribution >= 4 is 47.2 Å². The van der Waals surface area contributed by atoms with Gasteiger partial charge in [0.15, 0.2) is 0 Å². The molecule has 2 atom stereocenters. The predicted molar refractivity (Wildman–Crippen MR) is 287 cm³/mol. The van der Waals surface area contributed by atoms with Crippen molar-refractivity contribution in [3.8, 4) is 12.1 Å². The Balaban J connectivity index is 0.939. The maximum absolute atomic E-state index is 14.5. The summed E-state index contributed by atoms with van der Waals surface area (Å²) in [4.78, 5) is 92.4. The second-order valence-electron chi connectivity index (χ2n) is 19.4. The lowest BCUT2D eigenvalue weighted by Gasteiger charge is -2.42. The van der Waals surface area contributed by atoms with E-state index in [1.807, 2.05) is 12.1 Å². The summed E-state index contributed by atoms with van der Waals surface area (Å²) in [6.07, 6.45) is -8.49. The first-order valence-corrected chi connectivity index (χ1v) is 26.4. The van der Waals surface area contributed by atoms with Gasteiger partial charge in [-0.1, -0.05) is 36.4 Å². The summed E-state index contributed by atoms with van der Waals surface area (Å²) in [5, 5.41) is 24.6. The average molecular weight is 1140 g/mol. The molecular formula is C58H60F6N10O8. The van der Waals surface area contributed by atoms with Gasteiger partial charge in [-0.15, -0.1) is 0 Å². The van der Waals surface area contributed by atoms with E-state index in [0.29, 0.717) is 63.2 Å². The summed E-state index contributed by atoms with van der Waals surface area (Å²) >= 11 is 0. The van der Waals surface area contributed by atoms with Crippen molar-refractivity contribution in [3.05, 3.63) is 153 Å². The summed E-state index contributed by atoms with van der Waals surface area (Å²) in [7, 11) is 0. The molecule has 0 aromatic heterocycles. The molecule has 6 amide bonds. The van der Waals surface area contributed by atoms with Crippen molar-refractivity contribution < 1.29 is 64.6 Å². The number of benzene rings is 4. The molecule has 82 heavy (non-hydrogen) atoms. The highest BCUT2D eigenvalue weighted by Crippen LogP contribution is 2.43. The van der Waals surface area contributed by atoms with E-state index in [-0.39, 0.29) is 71.3 Å². The molecule has 2 N–H and O–H groups in total. The highest BCUT2D eigenvalue weighted by Gasteiger charge is 2.46. The Labute approximate surface area is 469 Å². The van der Waals surface area contributed by atoms with Crippen LogP contribution < -0.4 is 20.4 Å². The quantitative estimate of drug-likeness (QED) is 0.0485. The molecule has 3 aliphatic rings. The van der Waals surface area contributed by atoms with Gasteiger partial charge in [0.1, 0.15) is 13.1 Å². The number of carbonyl (C=O) groups is 6. The zero-order valence-corrected chi connectivity index (χ0v) is 45.4. The van der Waals surface area contributed by atoms with Gasteiger partial charge in [-0.05, 0) is 125 Å². The van der Waals surface area contributed by atoms with Gasteiger partial charge in [-0.3, -0.25) is 19.4 Å². The number of urea groups is 2. The van der Waals surface area contributed by atoms with Crippen LogP contribution in [0.15, 0.2) is 120 Å². The smallest absolute Gasteiger partial charge is 0.416 e. The molecule has 3 heterocycles. The lowest BCUT2D eigenvalue weighted by atomic mass is 9.92. The SMILES string of the molecule is CCOC(=O)C1=C(C)N(c2cccc(C(F)(F)F)c2)C(=O)N(CC(=O)NCCCN2CCN(CCCNC(=O)CN3C(=O)N(c4cccc(C(F)(F)F)c4)C(C)=C(C(=O)OCC)C3c3ccc(C#N)cc3)CC2)C1c1ccc(C#N)cc1. The Morgan fingerprint density at radius 3 is 1.24 bits per heavy atom. The fraction of sp³-hybridized carbons (Fsp3) is 0.379. The van der Waals surface area contributed by atoms with Crippen molar-refractivity contribution in [1.29, 1.82) is 10.5 Å². The monoisotopic (exact) mass is 1140 g/mol. The summed E-state index contributed by atoms with van der Waals surface area (Å²) in [5.41, 5.74) is -1.36. The standard InChI is InChI=1S/C58H60F6N10O8/c1-5-81-53(77)49-37(3)73(45-13-7-11-43(31-45)57(59,60)61)55(79)71(51(49)41-19-15-39(33-65)16-20-41)35-47(75)67-23-9-25-69-27-29-70(30-28-69)26-10-24-68-48(76)36-72-52(42-21-17-40(34-66)18-22-42)50(54(78)82-6-2)38(4)74(56(72)80)46-14-8-12-44(32-46)58(62,63)64/h7-8,11-22,31-32,51-52H,5-6,9-10,23-30,35-36H2,1-4H3,(H,67,75)(H,68,76). The molecule has 7 rings (SSSR count). The highest BCUT2D eigenvalue weighted by atomic mass is 19.4. The Kier molecular flexibility index (Phi) is 19.8. The first-order chi connectivity index (χ1) is 39.1. The van der Waals surface area contributed by atoms with Crippen molar-refractivity contribution in [2.75, 3.05) is 88.5 Å². The van der Waals surface area contributed by atoms with E-state index in [9.17, 15) is 65.6 Å². The molecule has 18 nitrogen and oxygen atoms in total. The van der Waals surface area contributed by atoms with E-state index >= 15 is 0 Å². The summed E-state index contributed by atoms with van der Waals surface area (Å²) < 4.78 is 94.1. The van der Waals surface area contributed by atoms with Crippen LogP contribution in [0.4, 0.5) is 47.3 Å². The molecule has 0 saturated carbocycles. The molecule has 3 aliphatic heterocycles. The molecule has 0 bridgehead atoms. The molecule has 2 unspecified atom stereocenters. The number of nitriles is 2. The third-order valence-corrected chi connectivity index (χ3v) is 14.1. The number of nitrogens with zero attached hydrogens (tertiary/aromatic N) is 8. The fourth-order valence-corrected chi connectivity index (χ4v) is 10.1. The number of esters is 2. The summed E-state index contributed by atoms with van der Waals surface area (Å²) in [6, 6.07) is 19.9. The van der Waals surface area contributed by atoms with Gasteiger partial charge in [-0.25, -0.2) is 19.2 Å². The Morgan fingerprint density at radius 1 is 0.573 bits per heavy atom. The van der Waals surface area contributed by atoms with Crippen molar-refractivity contribution in [1.82, 2.24) is 30.2 Å². The number of rotatable bonds is 20. The fourth-order valence-electron chi connectivity index (χ4n) is 10.1. The van der Waals surface area contributed by atoms with E-state index < -0.39 is 84.5 Å². The number of piperazine rings is 1. The molecule has 432 valence electrons. The number of ether oxygens (including phenoxy) is 2. The zero-order chi connectivity index (χ0) is 59.5. The molecule has 0 radical (unpaired) electrons. The van der Waals surface area contributed by atoms with Crippen LogP contribution in [-0.4, -0.2) is 134 Å². The van der Waals surface area contributed by atoms with Crippen LogP contribution in [-0.2, 0) is 41.0 Å². The second-order valence-corrected chi connectivity index (χ2v) is 19.4. The minimum atomic E-state index is -4.75. The van der Waals surface area contributed by atoms with Crippen LogP contribution in [0.25, 0.3) is 0 Å². The Morgan fingerprint density at radius 2 is 0.927 bits per heavy atom. The van der Waals surface area contributed by atoms with Crippen LogP contribution in [0.5, 0.6) is 0 Å². The molecule has 0 spiro atoms. The molecule has 1 fully saturated rings. The van der Waals surface area contributed by atoms with Gasteiger partial charge >= 0.3 is 36.4 Å². The Hall–Kier alpha value is -8.74. The van der Waals surface area contributed by atoms with E-state index in [1.165, 1.54) is 74.5 Å². The number of alkyl halides is 6. The lowest BCUT2D eigenvalue weighted by Crippen LogP contribution is -2.54. The molecule has 4 aromatic rings. The molecule has 0 aliphatic carbocycles. The van der Waals surface area contributed by atoms with Gasteiger partial charge in [-0.2, -0.15) is 36.9 Å². The number of carbonyl (C=O) groups excluding carboxylic acids is 6. The number of hydrogen-bond acceptors (Lipinski definition) is 12. The number of anilines is 2. The van der Waals surface area contributed by atoms with Crippen LogP contribution in [0.2, 0.25) is 0 Å². The average Bonchev–Trinajstić information content (AvgIpc) is 2.50. The first-order valence-electron chi connectivity index (χ1n) is 26.4. The second kappa shape index (κ2) is 26.7. The molecular weight excluding hydrogens is 1080 g/mol. The Bertz CT molecular complexity index is 2970. The topological polar surface area (TPSA) is 212 Å². The summed E-state index contributed by atoms with van der Waals surface area (Å²) in [6.45, 7) is 8.90. The van der Waals surface area contributed by atoms with Crippen LogP contribution in [0.3, 0.4) is 0 Å². The maximum atomic E-state index is 14.5. The van der Waals surface area contributed by atoms with Crippen LogP contribution in [0.1, 0.15) is 86.0 Å². The molecule has 1 saturated heterocycles. The minimum Gasteiger partial charge on any atom is -0.463 e.